The minimum atomic E-state index is -3.88. The molecule has 0 amide bonds. The maximum absolute atomic E-state index is 15.0. The number of aliphatic hydroxyl groups is 1. The number of fused-ring (bicyclic) bond motifs is 5. The highest BCUT2D eigenvalue weighted by molar-refractivity contribution is 7.86. The predicted octanol–water partition coefficient (Wildman–Crippen LogP) is 1.43. The molecule has 6 rings (SSSR count). The highest BCUT2D eigenvalue weighted by Crippen LogP contribution is 2.46. The zero-order valence-corrected chi connectivity index (χ0v) is 21.1. The fraction of sp³-hybridized carbons (Fsp3) is 0.400. The van der Waals surface area contributed by atoms with E-state index in [1.54, 1.807) is 19.9 Å². The van der Waals surface area contributed by atoms with Gasteiger partial charge in [-0.3, -0.25) is 8.98 Å². The largest absolute Gasteiger partial charge is 0.458 e. The lowest BCUT2D eigenvalue weighted by Gasteiger charge is -2.32. The molecule has 0 spiro atoms. The number of cyclic esters (lactones) is 1. The molecule has 2 aliphatic heterocycles. The lowest BCUT2D eigenvalue weighted by atomic mass is 9.80. The van der Waals surface area contributed by atoms with E-state index in [0.717, 1.165) is 6.26 Å². The Morgan fingerprint density at radius 2 is 2.03 bits per heavy atom. The van der Waals surface area contributed by atoms with E-state index in [4.69, 9.17) is 19.6 Å². The molecule has 4 heterocycles. The summed E-state index contributed by atoms with van der Waals surface area (Å²) in [6.07, 6.45) is 0.0148. The van der Waals surface area contributed by atoms with Gasteiger partial charge >= 0.3 is 5.97 Å². The van der Waals surface area contributed by atoms with Gasteiger partial charge in [-0.05, 0) is 36.1 Å². The fourth-order valence-electron chi connectivity index (χ4n) is 5.88. The van der Waals surface area contributed by atoms with Crippen molar-refractivity contribution in [2.75, 3.05) is 6.26 Å². The van der Waals surface area contributed by atoms with E-state index in [1.165, 1.54) is 10.6 Å². The Hall–Kier alpha value is -3.19. The Morgan fingerprint density at radius 3 is 2.70 bits per heavy atom. The number of hydrogen-bond donors (Lipinski definition) is 2. The molecule has 1 unspecified atom stereocenters. The van der Waals surface area contributed by atoms with Crippen molar-refractivity contribution >= 4 is 27.0 Å². The van der Waals surface area contributed by atoms with Gasteiger partial charge in [-0.15, -0.1) is 0 Å². The van der Waals surface area contributed by atoms with Crippen LogP contribution in [0.1, 0.15) is 52.8 Å². The summed E-state index contributed by atoms with van der Waals surface area (Å²) >= 11 is 0. The van der Waals surface area contributed by atoms with Crippen molar-refractivity contribution in [3.8, 4) is 11.4 Å². The van der Waals surface area contributed by atoms with Crippen molar-refractivity contribution < 1.29 is 31.6 Å². The SMILES string of the molecule is CC[C@@]1(O)C(=O)OCc2c1cc1n(c2=O)Cc2c-1nc1cc(F)c(C)c3c1c2[C@@H](N)C(OS(C)(=O)=O)C3. The number of pyridine rings is 2. The van der Waals surface area contributed by atoms with Gasteiger partial charge in [0.2, 0.25) is 0 Å². The average molecular weight is 530 g/mol. The zero-order valence-electron chi connectivity index (χ0n) is 20.3. The molecule has 12 heteroatoms. The average Bonchev–Trinajstić information content (AvgIpc) is 3.20. The molecule has 3 aliphatic rings. The quantitative estimate of drug-likeness (QED) is 0.297. The van der Waals surface area contributed by atoms with E-state index in [-0.39, 0.29) is 37.1 Å². The van der Waals surface area contributed by atoms with Crippen LogP contribution >= 0.6 is 0 Å². The Morgan fingerprint density at radius 1 is 1.30 bits per heavy atom. The van der Waals surface area contributed by atoms with Gasteiger partial charge in [-0.25, -0.2) is 14.2 Å². The van der Waals surface area contributed by atoms with Crippen molar-refractivity contribution in [2.45, 2.75) is 57.6 Å². The summed E-state index contributed by atoms with van der Waals surface area (Å²) in [5.41, 5.74) is 7.51. The third-order valence-corrected chi connectivity index (χ3v) is 8.38. The molecule has 0 saturated carbocycles. The number of aromatic nitrogens is 2. The normalized spacial score (nSPS) is 24.0. The summed E-state index contributed by atoms with van der Waals surface area (Å²) in [5, 5.41) is 11.7. The summed E-state index contributed by atoms with van der Waals surface area (Å²) in [6, 6.07) is 1.95. The molecule has 0 radical (unpaired) electrons. The van der Waals surface area contributed by atoms with Gasteiger partial charge in [0.25, 0.3) is 15.7 Å². The van der Waals surface area contributed by atoms with Gasteiger partial charge in [0.05, 0.1) is 41.3 Å². The van der Waals surface area contributed by atoms with Gasteiger partial charge in [-0.2, -0.15) is 8.42 Å². The van der Waals surface area contributed by atoms with Gasteiger partial charge < -0.3 is 20.1 Å². The second-order valence-electron chi connectivity index (χ2n) is 9.88. The number of carbonyl (C=O) groups is 1. The fourth-order valence-corrected chi connectivity index (χ4v) is 6.52. The topological polar surface area (TPSA) is 151 Å². The van der Waals surface area contributed by atoms with E-state index in [2.05, 4.69) is 0 Å². The Bertz CT molecular complexity index is 1730. The van der Waals surface area contributed by atoms with E-state index >= 15 is 0 Å². The molecule has 0 saturated heterocycles. The van der Waals surface area contributed by atoms with Crippen molar-refractivity contribution in [3.63, 3.8) is 0 Å². The molecule has 2 aromatic heterocycles. The summed E-state index contributed by atoms with van der Waals surface area (Å²) < 4.78 is 50.9. The van der Waals surface area contributed by atoms with Gasteiger partial charge in [0.1, 0.15) is 18.5 Å². The van der Waals surface area contributed by atoms with Crippen molar-refractivity contribution in [1.29, 1.82) is 0 Å². The molecule has 3 N–H and O–H groups in total. The number of rotatable bonds is 3. The van der Waals surface area contributed by atoms with Crippen LogP contribution in [0.15, 0.2) is 16.9 Å². The molecule has 3 aromatic rings. The molecular weight excluding hydrogens is 505 g/mol. The van der Waals surface area contributed by atoms with Gasteiger partial charge in [0.15, 0.2) is 5.60 Å². The number of halogens is 1. The standard InChI is InChI=1S/C25H24FN3O7S/c1-4-25(32)14-6-17-22-12(8-29(17)23(30)13(14)9-35-24(25)31)20-19-11(10(2)15(26)7-16(19)28-22)5-18(21(20)27)36-37(3,33)34/h6-7,18,21,32H,4-5,8-9,27H2,1-3H3/t18?,21-,25-/m0/s1. The predicted molar refractivity (Wildman–Crippen MR) is 130 cm³/mol. The monoisotopic (exact) mass is 529 g/mol. The van der Waals surface area contributed by atoms with Crippen LogP contribution in [0.4, 0.5) is 4.39 Å². The molecule has 1 aromatic carbocycles. The van der Waals surface area contributed by atoms with Crippen molar-refractivity contribution in [1.82, 2.24) is 9.55 Å². The lowest BCUT2D eigenvalue weighted by Crippen LogP contribution is -2.44. The van der Waals surface area contributed by atoms with Crippen LogP contribution < -0.4 is 11.3 Å². The number of ether oxygens (including phenoxy) is 1. The molecule has 37 heavy (non-hydrogen) atoms. The molecule has 3 atom stereocenters. The van der Waals surface area contributed by atoms with Crippen LogP contribution in [-0.2, 0) is 49.0 Å². The van der Waals surface area contributed by atoms with Crippen LogP contribution in [0.25, 0.3) is 22.3 Å². The van der Waals surface area contributed by atoms with E-state index in [0.29, 0.717) is 44.5 Å². The van der Waals surface area contributed by atoms with Gasteiger partial charge in [-0.1, -0.05) is 6.92 Å². The highest BCUT2D eigenvalue weighted by Gasteiger charge is 2.46. The molecule has 0 fully saturated rings. The number of hydrogen-bond acceptors (Lipinski definition) is 9. The number of nitrogens with zero attached hydrogens (tertiary/aromatic N) is 2. The maximum Gasteiger partial charge on any atom is 0.343 e. The Balaban J connectivity index is 1.66. The van der Waals surface area contributed by atoms with Crippen LogP contribution in [0.3, 0.4) is 0 Å². The lowest BCUT2D eigenvalue weighted by molar-refractivity contribution is -0.172. The Labute approximate surface area is 211 Å². The van der Waals surface area contributed by atoms with Crippen LogP contribution in [0, 0.1) is 12.7 Å². The van der Waals surface area contributed by atoms with E-state index in [9.17, 15) is 27.5 Å². The molecular formula is C25H24FN3O7S. The third-order valence-electron chi connectivity index (χ3n) is 7.78. The number of carbonyl (C=O) groups excluding carboxylic acids is 1. The highest BCUT2D eigenvalue weighted by atomic mass is 32.2. The summed E-state index contributed by atoms with van der Waals surface area (Å²) in [5.74, 6) is -1.35. The molecule has 1 aliphatic carbocycles. The van der Waals surface area contributed by atoms with Crippen LogP contribution in [-0.4, -0.2) is 41.4 Å². The van der Waals surface area contributed by atoms with Crippen molar-refractivity contribution in [2.24, 2.45) is 5.73 Å². The molecule has 0 bridgehead atoms. The first-order chi connectivity index (χ1) is 17.4. The molecule has 194 valence electrons. The first kappa shape index (κ1) is 24.2. The van der Waals surface area contributed by atoms with Gasteiger partial charge in [0, 0.05) is 29.0 Å². The first-order valence-corrected chi connectivity index (χ1v) is 13.6. The Kier molecular flexibility index (Phi) is 5.01. The first-order valence-electron chi connectivity index (χ1n) is 11.8. The second-order valence-corrected chi connectivity index (χ2v) is 11.5. The van der Waals surface area contributed by atoms with E-state index < -0.39 is 45.2 Å². The number of nitrogens with two attached hydrogens (primary N) is 1. The van der Waals surface area contributed by atoms with Crippen molar-refractivity contribution in [3.05, 3.63) is 61.7 Å². The summed E-state index contributed by atoms with van der Waals surface area (Å²) in [6.45, 7) is 3.01. The smallest absolute Gasteiger partial charge is 0.343 e. The summed E-state index contributed by atoms with van der Waals surface area (Å²) in [7, 11) is -3.88. The minimum absolute atomic E-state index is 0.00574. The minimum Gasteiger partial charge on any atom is -0.458 e. The number of esters is 1. The van der Waals surface area contributed by atoms with E-state index in [1.807, 2.05) is 0 Å². The third kappa shape index (κ3) is 3.26. The summed E-state index contributed by atoms with van der Waals surface area (Å²) in [4.78, 5) is 30.7. The van der Waals surface area contributed by atoms with Crippen LogP contribution in [0.2, 0.25) is 0 Å². The van der Waals surface area contributed by atoms with Crippen LogP contribution in [0.5, 0.6) is 0 Å². The number of benzene rings is 1. The second kappa shape index (κ2) is 7.67. The maximum atomic E-state index is 15.0. The molecule has 10 nitrogen and oxygen atoms in total. The zero-order chi connectivity index (χ0) is 26.6.